The van der Waals surface area contributed by atoms with E-state index in [-0.39, 0.29) is 18.7 Å². The minimum atomic E-state index is -4.81. The molecule has 0 saturated heterocycles. The molecule has 156 valence electrons. The fraction of sp³-hybridized carbons (Fsp3) is 0.222. The molecule has 2 aromatic rings. The highest BCUT2D eigenvalue weighted by atomic mass is 35.5. The Hall–Kier alpha value is -2.43. The number of ketones is 1. The van der Waals surface area contributed by atoms with E-state index in [1.54, 1.807) is 18.2 Å². The Morgan fingerprint density at radius 1 is 1.10 bits per heavy atom. The van der Waals surface area contributed by atoms with E-state index >= 15 is 0 Å². The number of benzene rings is 2. The molecule has 0 bridgehead atoms. The second kappa shape index (κ2) is 8.93. The number of nitrogens with one attached hydrogen (secondary N) is 2. The third kappa shape index (κ3) is 6.28. The molecule has 0 spiro atoms. The Morgan fingerprint density at radius 3 is 2.41 bits per heavy atom. The van der Waals surface area contributed by atoms with E-state index in [1.165, 1.54) is 13.0 Å². The average molecular weight is 449 g/mol. The zero-order valence-corrected chi connectivity index (χ0v) is 16.6. The number of alkyl halides is 3. The van der Waals surface area contributed by atoms with Gasteiger partial charge >= 0.3 is 6.18 Å². The molecule has 0 radical (unpaired) electrons. The van der Waals surface area contributed by atoms with Crippen LogP contribution in [0.15, 0.2) is 47.4 Å². The molecule has 2 rings (SSSR count). The zero-order valence-electron chi connectivity index (χ0n) is 15.0. The monoisotopic (exact) mass is 448 g/mol. The van der Waals surface area contributed by atoms with Gasteiger partial charge in [-0.1, -0.05) is 23.7 Å². The quantitative estimate of drug-likeness (QED) is 0.629. The van der Waals surface area contributed by atoms with Crippen molar-refractivity contribution in [1.29, 1.82) is 0 Å². The topological polar surface area (TPSA) is 92.3 Å². The van der Waals surface area contributed by atoms with Crippen molar-refractivity contribution in [2.45, 2.75) is 24.4 Å². The molecule has 6 nitrogen and oxygen atoms in total. The first kappa shape index (κ1) is 22.9. The highest BCUT2D eigenvalue weighted by molar-refractivity contribution is 7.89. The Balaban J connectivity index is 2.00. The van der Waals surface area contributed by atoms with Crippen LogP contribution in [-0.4, -0.2) is 26.7 Å². The van der Waals surface area contributed by atoms with Crippen LogP contribution < -0.4 is 10.0 Å². The minimum absolute atomic E-state index is 0.185. The number of rotatable bonds is 7. The van der Waals surface area contributed by atoms with Gasteiger partial charge in [0.15, 0.2) is 5.78 Å². The summed E-state index contributed by atoms with van der Waals surface area (Å²) >= 11 is 5.48. The molecule has 2 N–H and O–H groups in total. The highest BCUT2D eigenvalue weighted by Gasteiger charge is 2.34. The van der Waals surface area contributed by atoms with E-state index in [0.717, 1.165) is 12.1 Å². The maximum atomic E-state index is 12.9. The van der Waals surface area contributed by atoms with Gasteiger partial charge in [0.1, 0.15) is 0 Å². The SMILES string of the molecule is CC(=O)c1cccc(NC(=O)CCNS(=O)(=O)c2ccc(Cl)c(C(F)(F)F)c2)c1. The van der Waals surface area contributed by atoms with Crippen LogP contribution in [0.2, 0.25) is 5.02 Å². The molecule has 0 aliphatic heterocycles. The van der Waals surface area contributed by atoms with Gasteiger partial charge in [0.25, 0.3) is 0 Å². The van der Waals surface area contributed by atoms with Crippen molar-refractivity contribution in [3.05, 3.63) is 58.6 Å². The average Bonchev–Trinajstić information content (AvgIpc) is 2.60. The van der Waals surface area contributed by atoms with E-state index in [1.807, 2.05) is 0 Å². The zero-order chi connectivity index (χ0) is 21.8. The number of amides is 1. The minimum Gasteiger partial charge on any atom is -0.326 e. The van der Waals surface area contributed by atoms with Gasteiger partial charge in [-0.3, -0.25) is 9.59 Å². The molecule has 0 heterocycles. The lowest BCUT2D eigenvalue weighted by atomic mass is 10.1. The van der Waals surface area contributed by atoms with Gasteiger partial charge in [-0.2, -0.15) is 13.2 Å². The number of anilines is 1. The van der Waals surface area contributed by atoms with Crippen LogP contribution in [0.5, 0.6) is 0 Å². The van der Waals surface area contributed by atoms with Crippen molar-refractivity contribution in [3.8, 4) is 0 Å². The number of sulfonamides is 1. The number of Topliss-reactive ketones (excluding diaryl/α,β-unsaturated/α-hetero) is 1. The molecular formula is C18H16ClF3N2O4S. The lowest BCUT2D eigenvalue weighted by molar-refractivity contribution is -0.137. The molecule has 1 amide bonds. The fourth-order valence-corrected chi connectivity index (χ4v) is 3.59. The van der Waals surface area contributed by atoms with Crippen LogP contribution in [-0.2, 0) is 21.0 Å². The molecule has 0 saturated carbocycles. The number of hydrogen-bond acceptors (Lipinski definition) is 4. The van der Waals surface area contributed by atoms with Crippen LogP contribution >= 0.6 is 11.6 Å². The molecule has 0 fully saturated rings. The van der Waals surface area contributed by atoms with Crippen LogP contribution in [0, 0.1) is 0 Å². The molecule has 11 heteroatoms. The fourth-order valence-electron chi connectivity index (χ4n) is 2.31. The summed E-state index contributed by atoms with van der Waals surface area (Å²) in [5.41, 5.74) is -0.519. The van der Waals surface area contributed by atoms with Crippen molar-refractivity contribution in [2.75, 3.05) is 11.9 Å². The highest BCUT2D eigenvalue weighted by Crippen LogP contribution is 2.35. The molecule has 0 aliphatic rings. The van der Waals surface area contributed by atoms with Gasteiger partial charge < -0.3 is 5.32 Å². The molecule has 29 heavy (non-hydrogen) atoms. The van der Waals surface area contributed by atoms with Crippen molar-refractivity contribution < 1.29 is 31.2 Å². The smallest absolute Gasteiger partial charge is 0.326 e. The lowest BCUT2D eigenvalue weighted by Crippen LogP contribution is -2.28. The van der Waals surface area contributed by atoms with Crippen LogP contribution in [0.1, 0.15) is 29.3 Å². The van der Waals surface area contributed by atoms with E-state index in [0.29, 0.717) is 17.3 Å². The molecular weight excluding hydrogens is 433 g/mol. The van der Waals surface area contributed by atoms with Crippen molar-refractivity contribution >= 4 is 39.0 Å². The number of halogens is 4. The molecule has 0 aromatic heterocycles. The number of carbonyl (C=O) groups is 2. The second-order valence-corrected chi connectivity index (χ2v) is 8.15. The van der Waals surface area contributed by atoms with E-state index in [4.69, 9.17) is 11.6 Å². The van der Waals surface area contributed by atoms with Gasteiger partial charge in [0.2, 0.25) is 15.9 Å². The van der Waals surface area contributed by atoms with Crippen LogP contribution in [0.3, 0.4) is 0 Å². The largest absolute Gasteiger partial charge is 0.417 e. The first-order valence-corrected chi connectivity index (χ1v) is 10.0. The Morgan fingerprint density at radius 2 is 1.79 bits per heavy atom. The first-order chi connectivity index (χ1) is 13.4. The van der Waals surface area contributed by atoms with Crippen LogP contribution in [0.4, 0.5) is 18.9 Å². The molecule has 0 unspecified atom stereocenters. The third-order valence-corrected chi connectivity index (χ3v) is 5.54. The summed E-state index contributed by atoms with van der Waals surface area (Å²) in [6, 6.07) is 8.39. The Kier molecular flexibility index (Phi) is 7.04. The van der Waals surface area contributed by atoms with Gasteiger partial charge in [-0.25, -0.2) is 13.1 Å². The van der Waals surface area contributed by atoms with E-state index < -0.39 is 37.6 Å². The first-order valence-electron chi connectivity index (χ1n) is 8.17. The van der Waals surface area contributed by atoms with Gasteiger partial charge in [0.05, 0.1) is 15.5 Å². The number of carbonyl (C=O) groups excluding carboxylic acids is 2. The van der Waals surface area contributed by atoms with E-state index in [9.17, 15) is 31.2 Å². The Labute approximate surface area is 170 Å². The molecule has 0 aliphatic carbocycles. The standard InChI is InChI=1S/C18H16ClF3N2O4S/c1-11(25)12-3-2-4-13(9-12)24-17(26)7-8-23-29(27,28)14-5-6-16(19)15(10-14)18(20,21)22/h2-6,9-10,23H,7-8H2,1H3,(H,24,26). The maximum absolute atomic E-state index is 12.9. The summed E-state index contributed by atoms with van der Waals surface area (Å²) < 4.78 is 65.1. The predicted molar refractivity (Wildman–Crippen MR) is 101 cm³/mol. The number of hydrogen-bond donors (Lipinski definition) is 2. The van der Waals surface area contributed by atoms with Crippen LogP contribution in [0.25, 0.3) is 0 Å². The normalized spacial score (nSPS) is 11.9. The summed E-state index contributed by atoms with van der Waals surface area (Å²) in [6.07, 6.45) is -5.08. The second-order valence-electron chi connectivity index (χ2n) is 5.97. The van der Waals surface area contributed by atoms with Gasteiger partial charge in [0, 0.05) is 24.2 Å². The summed E-state index contributed by atoms with van der Waals surface area (Å²) in [5, 5.41) is 1.89. The van der Waals surface area contributed by atoms with Gasteiger partial charge in [-0.05, 0) is 37.3 Å². The summed E-state index contributed by atoms with van der Waals surface area (Å²) in [4.78, 5) is 22.7. The summed E-state index contributed by atoms with van der Waals surface area (Å²) in [5.74, 6) is -0.726. The van der Waals surface area contributed by atoms with Gasteiger partial charge in [-0.15, -0.1) is 0 Å². The summed E-state index contributed by atoms with van der Waals surface area (Å²) in [6.45, 7) is 1.03. The van der Waals surface area contributed by atoms with Crippen molar-refractivity contribution in [2.24, 2.45) is 0 Å². The molecule has 2 aromatic carbocycles. The van der Waals surface area contributed by atoms with Crippen molar-refractivity contribution in [1.82, 2.24) is 4.72 Å². The summed E-state index contributed by atoms with van der Waals surface area (Å²) in [7, 11) is -4.28. The molecule has 0 atom stereocenters. The predicted octanol–water partition coefficient (Wildman–Crippen LogP) is 3.87. The lowest BCUT2D eigenvalue weighted by Gasteiger charge is -2.12. The van der Waals surface area contributed by atoms with Crippen molar-refractivity contribution in [3.63, 3.8) is 0 Å². The maximum Gasteiger partial charge on any atom is 0.417 e. The van der Waals surface area contributed by atoms with E-state index in [2.05, 4.69) is 10.0 Å². The third-order valence-electron chi connectivity index (χ3n) is 3.75. The Bertz CT molecular complexity index is 1040.